The van der Waals surface area contributed by atoms with E-state index in [0.29, 0.717) is 16.1 Å². The van der Waals surface area contributed by atoms with Crippen LogP contribution < -0.4 is 5.32 Å². The Morgan fingerprint density at radius 1 is 1.08 bits per heavy atom. The lowest BCUT2D eigenvalue weighted by Crippen LogP contribution is -2.22. The first-order valence-corrected chi connectivity index (χ1v) is 9.25. The topological polar surface area (TPSA) is 81.7 Å². The molecule has 0 atom stereocenters. The Hall–Kier alpha value is -2.67. The summed E-state index contributed by atoms with van der Waals surface area (Å²) in [4.78, 5) is 37.4. The first kappa shape index (κ1) is 18.1. The van der Waals surface area contributed by atoms with Crippen LogP contribution in [0, 0.1) is 0 Å². The molecule has 0 radical (unpaired) electrons. The number of aryl methyl sites for hydroxylation is 1. The third-order valence-corrected chi connectivity index (χ3v) is 5.20. The number of nitrogens with one attached hydrogen (secondary N) is 1. The molecule has 0 spiro atoms. The number of benzene rings is 1. The molecule has 1 aliphatic carbocycles. The summed E-state index contributed by atoms with van der Waals surface area (Å²) < 4.78 is 10.1. The van der Waals surface area contributed by atoms with Gasteiger partial charge in [0.05, 0.1) is 17.7 Å². The Morgan fingerprint density at radius 2 is 1.85 bits per heavy atom. The molecule has 0 saturated heterocycles. The molecule has 1 heterocycles. The van der Waals surface area contributed by atoms with Gasteiger partial charge in [-0.05, 0) is 43.9 Å². The normalized spacial score (nSPS) is 12.3. The first-order chi connectivity index (χ1) is 12.6. The standard InChI is InChI=1S/C19H19NO5S/c1-2-24-19(23)16-13-9-6-10-14(13)26-17(16)20-15(21)11-25-18(22)12-7-4-3-5-8-12/h3-5,7-8H,2,6,9-11H2,1H3,(H,20,21). The van der Waals surface area contributed by atoms with Gasteiger partial charge in [-0.1, -0.05) is 18.2 Å². The molecule has 1 aromatic carbocycles. The Labute approximate surface area is 155 Å². The highest BCUT2D eigenvalue weighted by Gasteiger charge is 2.28. The van der Waals surface area contributed by atoms with Crippen molar-refractivity contribution in [3.05, 3.63) is 51.9 Å². The molecule has 0 aliphatic heterocycles. The van der Waals surface area contributed by atoms with Gasteiger partial charge in [0, 0.05) is 4.88 Å². The Kier molecular flexibility index (Phi) is 5.68. The summed E-state index contributed by atoms with van der Waals surface area (Å²) in [5, 5.41) is 3.15. The van der Waals surface area contributed by atoms with Crippen molar-refractivity contribution in [3.63, 3.8) is 0 Å². The molecular weight excluding hydrogens is 354 g/mol. The van der Waals surface area contributed by atoms with E-state index < -0.39 is 24.5 Å². The van der Waals surface area contributed by atoms with Gasteiger partial charge in [0.1, 0.15) is 5.00 Å². The summed E-state index contributed by atoms with van der Waals surface area (Å²) in [7, 11) is 0. The second kappa shape index (κ2) is 8.14. The maximum Gasteiger partial charge on any atom is 0.341 e. The fourth-order valence-electron chi connectivity index (χ4n) is 2.86. The number of anilines is 1. The molecule has 1 N–H and O–H groups in total. The number of amides is 1. The van der Waals surface area contributed by atoms with Crippen LogP contribution in [0.5, 0.6) is 0 Å². The molecule has 0 unspecified atom stereocenters. The highest BCUT2D eigenvalue weighted by Crippen LogP contribution is 2.39. The lowest BCUT2D eigenvalue weighted by Gasteiger charge is -2.08. The number of hydrogen-bond donors (Lipinski definition) is 1. The van der Waals surface area contributed by atoms with E-state index >= 15 is 0 Å². The van der Waals surface area contributed by atoms with Gasteiger partial charge in [0.25, 0.3) is 5.91 Å². The van der Waals surface area contributed by atoms with Crippen LogP contribution in [0.4, 0.5) is 5.00 Å². The zero-order valence-electron chi connectivity index (χ0n) is 14.4. The van der Waals surface area contributed by atoms with Crippen LogP contribution in [-0.4, -0.2) is 31.1 Å². The fraction of sp³-hybridized carbons (Fsp3) is 0.316. The van der Waals surface area contributed by atoms with Crippen molar-refractivity contribution in [1.29, 1.82) is 0 Å². The van der Waals surface area contributed by atoms with Crippen molar-refractivity contribution in [1.82, 2.24) is 0 Å². The Morgan fingerprint density at radius 3 is 2.58 bits per heavy atom. The molecule has 6 nitrogen and oxygen atoms in total. The number of carbonyl (C=O) groups is 3. The molecule has 0 fully saturated rings. The molecule has 26 heavy (non-hydrogen) atoms. The van der Waals surface area contributed by atoms with Crippen molar-refractivity contribution in [2.75, 3.05) is 18.5 Å². The van der Waals surface area contributed by atoms with Gasteiger partial charge in [-0.2, -0.15) is 0 Å². The van der Waals surface area contributed by atoms with Crippen molar-refractivity contribution >= 4 is 34.2 Å². The van der Waals surface area contributed by atoms with Gasteiger partial charge in [-0.3, -0.25) is 4.79 Å². The average Bonchev–Trinajstić information content (AvgIpc) is 3.21. The Balaban J connectivity index is 1.66. The molecule has 7 heteroatoms. The van der Waals surface area contributed by atoms with E-state index in [9.17, 15) is 14.4 Å². The molecule has 3 rings (SSSR count). The summed E-state index contributed by atoms with van der Waals surface area (Å²) in [6.45, 7) is 1.59. The van der Waals surface area contributed by atoms with Gasteiger partial charge in [-0.25, -0.2) is 9.59 Å². The average molecular weight is 373 g/mol. The highest BCUT2D eigenvalue weighted by atomic mass is 32.1. The van der Waals surface area contributed by atoms with Crippen LogP contribution in [-0.2, 0) is 27.1 Å². The van der Waals surface area contributed by atoms with E-state index in [0.717, 1.165) is 29.7 Å². The number of ether oxygens (including phenoxy) is 2. The molecule has 1 amide bonds. The van der Waals surface area contributed by atoms with E-state index in [2.05, 4.69) is 5.32 Å². The van der Waals surface area contributed by atoms with Crippen LogP contribution >= 0.6 is 11.3 Å². The maximum absolute atomic E-state index is 12.3. The monoisotopic (exact) mass is 373 g/mol. The number of fused-ring (bicyclic) bond motifs is 1. The van der Waals surface area contributed by atoms with E-state index in [4.69, 9.17) is 9.47 Å². The zero-order chi connectivity index (χ0) is 18.5. The maximum atomic E-state index is 12.3. The minimum Gasteiger partial charge on any atom is -0.462 e. The summed E-state index contributed by atoms with van der Waals surface area (Å²) in [6.07, 6.45) is 2.70. The SMILES string of the molecule is CCOC(=O)c1c(NC(=O)COC(=O)c2ccccc2)sc2c1CCC2. The zero-order valence-corrected chi connectivity index (χ0v) is 15.2. The van der Waals surface area contributed by atoms with Crippen LogP contribution in [0.2, 0.25) is 0 Å². The molecule has 2 aromatic rings. The van der Waals surface area contributed by atoms with Crippen LogP contribution in [0.3, 0.4) is 0 Å². The number of rotatable bonds is 6. The summed E-state index contributed by atoms with van der Waals surface area (Å²) in [6, 6.07) is 8.45. The highest BCUT2D eigenvalue weighted by molar-refractivity contribution is 7.17. The largest absolute Gasteiger partial charge is 0.462 e. The lowest BCUT2D eigenvalue weighted by molar-refractivity contribution is -0.119. The van der Waals surface area contributed by atoms with Crippen LogP contribution in [0.15, 0.2) is 30.3 Å². The third-order valence-electron chi connectivity index (χ3n) is 4.00. The van der Waals surface area contributed by atoms with E-state index in [-0.39, 0.29) is 6.61 Å². The van der Waals surface area contributed by atoms with Gasteiger partial charge in [0.15, 0.2) is 6.61 Å². The molecule has 0 saturated carbocycles. The number of carbonyl (C=O) groups excluding carboxylic acids is 3. The minimum atomic E-state index is -0.569. The summed E-state index contributed by atoms with van der Waals surface area (Å²) >= 11 is 1.39. The number of thiophene rings is 1. The van der Waals surface area contributed by atoms with Gasteiger partial charge < -0.3 is 14.8 Å². The minimum absolute atomic E-state index is 0.269. The molecule has 1 aliphatic rings. The smallest absolute Gasteiger partial charge is 0.341 e. The van der Waals surface area contributed by atoms with Crippen molar-refractivity contribution in [2.24, 2.45) is 0 Å². The van der Waals surface area contributed by atoms with E-state index in [1.807, 2.05) is 0 Å². The fourth-order valence-corrected chi connectivity index (χ4v) is 4.16. The molecular formula is C19H19NO5S. The Bertz CT molecular complexity index is 828. The van der Waals surface area contributed by atoms with Gasteiger partial charge >= 0.3 is 11.9 Å². The van der Waals surface area contributed by atoms with Crippen molar-refractivity contribution < 1.29 is 23.9 Å². The second-order valence-corrected chi connectivity index (χ2v) is 6.88. The molecule has 136 valence electrons. The number of hydrogen-bond acceptors (Lipinski definition) is 6. The van der Waals surface area contributed by atoms with Gasteiger partial charge in [0.2, 0.25) is 0 Å². The van der Waals surface area contributed by atoms with Crippen molar-refractivity contribution in [2.45, 2.75) is 26.2 Å². The summed E-state index contributed by atoms with van der Waals surface area (Å²) in [5.74, 6) is -1.48. The lowest BCUT2D eigenvalue weighted by atomic mass is 10.1. The van der Waals surface area contributed by atoms with Crippen LogP contribution in [0.1, 0.15) is 44.5 Å². The van der Waals surface area contributed by atoms with Crippen LogP contribution in [0.25, 0.3) is 0 Å². The predicted octanol–water partition coefficient (Wildman–Crippen LogP) is 3.21. The molecule has 0 bridgehead atoms. The quantitative estimate of drug-likeness (QED) is 0.787. The second-order valence-electron chi connectivity index (χ2n) is 5.77. The first-order valence-electron chi connectivity index (χ1n) is 8.43. The molecule has 1 aromatic heterocycles. The van der Waals surface area contributed by atoms with Crippen molar-refractivity contribution in [3.8, 4) is 0 Å². The van der Waals surface area contributed by atoms with E-state index in [1.54, 1.807) is 37.3 Å². The van der Waals surface area contributed by atoms with Gasteiger partial charge in [-0.15, -0.1) is 11.3 Å². The van der Waals surface area contributed by atoms with E-state index in [1.165, 1.54) is 11.3 Å². The summed E-state index contributed by atoms with van der Waals surface area (Å²) in [5.41, 5.74) is 1.78. The third kappa shape index (κ3) is 3.94. The predicted molar refractivity (Wildman–Crippen MR) is 97.7 cm³/mol. The number of esters is 2.